The topological polar surface area (TPSA) is 29.5 Å². The molecule has 0 radical (unpaired) electrons. The molecule has 0 heterocycles. The van der Waals surface area contributed by atoms with E-state index in [0.29, 0.717) is 6.42 Å². The number of hydrogen-bond acceptors (Lipinski definition) is 3. The first kappa shape index (κ1) is 13.2. The molecule has 0 rings (SSSR count). The maximum absolute atomic E-state index is 11.6. The summed E-state index contributed by atoms with van der Waals surface area (Å²) in [5.74, 6) is -0.194. The fourth-order valence-electron chi connectivity index (χ4n) is 1.07. The number of carbonyl (C=O) groups excluding carboxylic acids is 1. The Morgan fingerprint density at radius 2 is 1.93 bits per heavy atom. The second-order valence-corrected chi connectivity index (χ2v) is 4.15. The van der Waals surface area contributed by atoms with Gasteiger partial charge in [0.15, 0.2) is 0 Å². The van der Waals surface area contributed by atoms with Gasteiger partial charge in [-0.1, -0.05) is 11.6 Å². The molecule has 0 unspecified atom stereocenters. The third-order valence-electron chi connectivity index (χ3n) is 2.52. The van der Waals surface area contributed by atoms with Crippen molar-refractivity contribution in [3.8, 4) is 0 Å². The first-order valence-electron chi connectivity index (χ1n) is 4.74. The molecule has 0 aromatic carbocycles. The smallest absolute Gasteiger partial charge is 0.326 e. The molecule has 1 atom stereocenters. The maximum atomic E-state index is 11.6. The summed E-state index contributed by atoms with van der Waals surface area (Å²) in [5.41, 5.74) is 0.647. The minimum absolute atomic E-state index is 0.194. The number of nitrogens with zero attached hydrogens (tertiary/aromatic N) is 1. The summed E-state index contributed by atoms with van der Waals surface area (Å²) in [6, 6.07) is 0. The van der Waals surface area contributed by atoms with Crippen molar-refractivity contribution in [3.63, 3.8) is 0 Å². The average molecular weight is 199 g/mol. The van der Waals surface area contributed by atoms with Crippen molar-refractivity contribution in [1.82, 2.24) is 4.90 Å². The van der Waals surface area contributed by atoms with Gasteiger partial charge in [0.05, 0.1) is 7.11 Å². The average Bonchev–Trinajstić information content (AvgIpc) is 2.12. The van der Waals surface area contributed by atoms with Crippen molar-refractivity contribution in [2.45, 2.75) is 32.7 Å². The van der Waals surface area contributed by atoms with E-state index in [1.807, 2.05) is 39.8 Å². The molecule has 0 aliphatic rings. The summed E-state index contributed by atoms with van der Waals surface area (Å²) >= 11 is 0. The summed E-state index contributed by atoms with van der Waals surface area (Å²) in [6.07, 6.45) is 2.73. The van der Waals surface area contributed by atoms with Gasteiger partial charge in [-0.15, -0.1) is 0 Å². The molecule has 3 nitrogen and oxygen atoms in total. The van der Waals surface area contributed by atoms with Gasteiger partial charge in [-0.05, 0) is 41.3 Å². The second-order valence-electron chi connectivity index (χ2n) is 4.15. The van der Waals surface area contributed by atoms with Crippen LogP contribution >= 0.6 is 0 Å². The van der Waals surface area contributed by atoms with E-state index in [-0.39, 0.29) is 5.97 Å². The number of esters is 1. The van der Waals surface area contributed by atoms with E-state index in [1.54, 1.807) is 0 Å². The van der Waals surface area contributed by atoms with Gasteiger partial charge in [0.25, 0.3) is 0 Å². The van der Waals surface area contributed by atoms with Gasteiger partial charge in [0.1, 0.15) is 5.54 Å². The van der Waals surface area contributed by atoms with Crippen molar-refractivity contribution in [2.75, 3.05) is 21.2 Å². The highest BCUT2D eigenvalue weighted by atomic mass is 16.5. The Hall–Kier alpha value is -0.830. The van der Waals surface area contributed by atoms with E-state index in [4.69, 9.17) is 4.74 Å². The summed E-state index contributed by atoms with van der Waals surface area (Å²) in [7, 11) is 5.19. The zero-order valence-corrected chi connectivity index (χ0v) is 10.0. The first-order valence-corrected chi connectivity index (χ1v) is 4.74. The lowest BCUT2D eigenvalue weighted by atomic mass is 9.95. The Morgan fingerprint density at radius 1 is 1.43 bits per heavy atom. The molecule has 3 heteroatoms. The molecule has 0 aromatic heterocycles. The second kappa shape index (κ2) is 5.15. The lowest BCUT2D eigenvalue weighted by molar-refractivity contribution is -0.152. The van der Waals surface area contributed by atoms with Crippen LogP contribution in [0, 0.1) is 0 Å². The molecule has 0 spiro atoms. The van der Waals surface area contributed by atoms with Gasteiger partial charge in [0, 0.05) is 0 Å². The summed E-state index contributed by atoms with van der Waals surface area (Å²) in [4.78, 5) is 13.5. The van der Waals surface area contributed by atoms with Crippen LogP contribution in [0.1, 0.15) is 27.2 Å². The Bertz CT molecular complexity index is 229. The lowest BCUT2D eigenvalue weighted by Gasteiger charge is -2.32. The van der Waals surface area contributed by atoms with Crippen molar-refractivity contribution >= 4 is 5.97 Å². The molecule has 14 heavy (non-hydrogen) atoms. The highest BCUT2D eigenvalue weighted by Crippen LogP contribution is 2.19. The molecule has 0 amide bonds. The summed E-state index contributed by atoms with van der Waals surface area (Å²) < 4.78 is 4.80. The number of hydrogen-bond donors (Lipinski definition) is 0. The molecule has 82 valence electrons. The summed E-state index contributed by atoms with van der Waals surface area (Å²) in [6.45, 7) is 5.93. The van der Waals surface area contributed by atoms with Crippen LogP contribution < -0.4 is 0 Å². The predicted octanol–water partition coefficient (Wildman–Crippen LogP) is 1.84. The van der Waals surface area contributed by atoms with Gasteiger partial charge < -0.3 is 4.74 Å². The van der Waals surface area contributed by atoms with E-state index < -0.39 is 5.54 Å². The highest BCUT2D eigenvalue weighted by Gasteiger charge is 2.35. The molecule has 0 aromatic rings. The lowest BCUT2D eigenvalue weighted by Crippen LogP contribution is -2.48. The van der Waals surface area contributed by atoms with Crippen molar-refractivity contribution in [1.29, 1.82) is 0 Å². The Kier molecular flexibility index (Phi) is 4.85. The molecular formula is C11H21NO2. The molecular weight excluding hydrogens is 178 g/mol. The highest BCUT2D eigenvalue weighted by molar-refractivity contribution is 5.80. The molecule has 0 saturated heterocycles. The van der Waals surface area contributed by atoms with E-state index in [2.05, 4.69) is 6.08 Å². The van der Waals surface area contributed by atoms with Crippen LogP contribution in [-0.4, -0.2) is 37.6 Å². The van der Waals surface area contributed by atoms with Gasteiger partial charge in [-0.2, -0.15) is 0 Å². The molecule has 0 saturated carbocycles. The van der Waals surface area contributed by atoms with Crippen LogP contribution in [0.25, 0.3) is 0 Å². The van der Waals surface area contributed by atoms with Crippen molar-refractivity contribution in [2.24, 2.45) is 0 Å². The van der Waals surface area contributed by atoms with Crippen LogP contribution in [0.15, 0.2) is 11.6 Å². The maximum Gasteiger partial charge on any atom is 0.326 e. The quantitative estimate of drug-likeness (QED) is 0.511. The monoisotopic (exact) mass is 199 g/mol. The zero-order valence-electron chi connectivity index (χ0n) is 10.0. The van der Waals surface area contributed by atoms with E-state index in [0.717, 1.165) is 0 Å². The molecule has 0 aliphatic heterocycles. The Labute approximate surface area is 86.7 Å². The number of carbonyl (C=O) groups is 1. The molecule has 0 fully saturated rings. The van der Waals surface area contributed by atoms with Gasteiger partial charge in [0.2, 0.25) is 0 Å². The SMILES string of the molecule is COC(=O)[C@@](C)(CC=C(C)C)N(C)C. The largest absolute Gasteiger partial charge is 0.468 e. The third-order valence-corrected chi connectivity index (χ3v) is 2.52. The van der Waals surface area contributed by atoms with Crippen LogP contribution in [0.4, 0.5) is 0 Å². The standard InChI is InChI=1S/C11H21NO2/c1-9(2)7-8-11(3,12(4)5)10(13)14-6/h7H,8H2,1-6H3/t11-/m1/s1. The zero-order chi connectivity index (χ0) is 11.4. The number of ether oxygens (including phenoxy) is 1. The minimum atomic E-state index is -0.563. The van der Waals surface area contributed by atoms with Gasteiger partial charge in [-0.25, -0.2) is 0 Å². The van der Waals surface area contributed by atoms with E-state index >= 15 is 0 Å². The van der Waals surface area contributed by atoms with Crippen LogP contribution in [0.2, 0.25) is 0 Å². The van der Waals surface area contributed by atoms with Gasteiger partial charge in [-0.3, -0.25) is 9.69 Å². The van der Waals surface area contributed by atoms with Crippen LogP contribution in [0.5, 0.6) is 0 Å². The number of methoxy groups -OCH3 is 1. The summed E-state index contributed by atoms with van der Waals surface area (Å²) in [5, 5.41) is 0. The predicted molar refractivity (Wildman–Crippen MR) is 58.2 cm³/mol. The Morgan fingerprint density at radius 3 is 2.21 bits per heavy atom. The number of likely N-dealkylation sites (N-methyl/N-ethyl adjacent to an activating group) is 1. The molecule has 0 bridgehead atoms. The fourth-order valence-corrected chi connectivity index (χ4v) is 1.07. The molecule has 0 N–H and O–H groups in total. The normalized spacial score (nSPS) is 14.8. The third kappa shape index (κ3) is 3.14. The van der Waals surface area contributed by atoms with E-state index in [1.165, 1.54) is 12.7 Å². The fraction of sp³-hybridized carbons (Fsp3) is 0.727. The molecule has 0 aliphatic carbocycles. The number of allylic oxidation sites excluding steroid dienone is 1. The number of rotatable bonds is 4. The van der Waals surface area contributed by atoms with E-state index in [9.17, 15) is 4.79 Å². The van der Waals surface area contributed by atoms with Crippen molar-refractivity contribution < 1.29 is 9.53 Å². The van der Waals surface area contributed by atoms with Crippen molar-refractivity contribution in [3.05, 3.63) is 11.6 Å². The minimum Gasteiger partial charge on any atom is -0.468 e. The van der Waals surface area contributed by atoms with Crippen LogP contribution in [-0.2, 0) is 9.53 Å². The van der Waals surface area contributed by atoms with Crippen LogP contribution in [0.3, 0.4) is 0 Å². The Balaban J connectivity index is 4.73. The van der Waals surface area contributed by atoms with Gasteiger partial charge >= 0.3 is 5.97 Å². The first-order chi connectivity index (χ1) is 6.34.